The number of anilines is 1. The Morgan fingerprint density at radius 2 is 2.24 bits per heavy atom. The lowest BCUT2D eigenvalue weighted by Gasteiger charge is -2.08. The second-order valence-corrected chi connectivity index (χ2v) is 4.06. The van der Waals surface area contributed by atoms with Crippen molar-refractivity contribution in [2.45, 2.75) is 12.8 Å². The molecule has 3 N–H and O–H groups in total. The molecule has 4 nitrogen and oxygen atoms in total. The molecule has 1 aromatic rings. The van der Waals surface area contributed by atoms with Gasteiger partial charge < -0.3 is 15.8 Å². The summed E-state index contributed by atoms with van der Waals surface area (Å²) in [5.41, 5.74) is 6.47. The average molecular weight is 257 g/mol. The van der Waals surface area contributed by atoms with Crippen molar-refractivity contribution in [1.29, 1.82) is 0 Å². The smallest absolute Gasteiger partial charge is 0.253 e. The highest BCUT2D eigenvalue weighted by Crippen LogP contribution is 2.22. The molecule has 94 valence electrons. The predicted molar refractivity (Wildman–Crippen MR) is 69.3 cm³/mol. The van der Waals surface area contributed by atoms with Crippen molar-refractivity contribution in [2.24, 2.45) is 0 Å². The van der Waals surface area contributed by atoms with E-state index in [9.17, 15) is 4.79 Å². The molecular formula is C12H17ClN2O2. The quantitative estimate of drug-likeness (QED) is 0.605. The third-order valence-electron chi connectivity index (χ3n) is 2.36. The maximum atomic E-state index is 11.8. The van der Waals surface area contributed by atoms with Gasteiger partial charge >= 0.3 is 0 Å². The molecule has 0 bridgehead atoms. The van der Waals surface area contributed by atoms with E-state index in [1.165, 1.54) is 0 Å². The van der Waals surface area contributed by atoms with E-state index in [1.54, 1.807) is 25.3 Å². The van der Waals surface area contributed by atoms with Gasteiger partial charge in [0.05, 0.1) is 16.3 Å². The molecule has 0 saturated carbocycles. The van der Waals surface area contributed by atoms with Crippen molar-refractivity contribution >= 4 is 23.2 Å². The topological polar surface area (TPSA) is 64.3 Å². The predicted octanol–water partition coefficient (Wildman–Crippen LogP) is 2.08. The summed E-state index contributed by atoms with van der Waals surface area (Å²) < 4.78 is 4.92. The molecule has 0 aliphatic carbocycles. The number of hydrogen-bond acceptors (Lipinski definition) is 3. The number of methoxy groups -OCH3 is 1. The van der Waals surface area contributed by atoms with Crippen LogP contribution in [0.1, 0.15) is 23.2 Å². The maximum Gasteiger partial charge on any atom is 0.253 e. The highest BCUT2D eigenvalue weighted by molar-refractivity contribution is 6.33. The van der Waals surface area contributed by atoms with Crippen LogP contribution >= 0.6 is 11.6 Å². The number of benzene rings is 1. The van der Waals surface area contributed by atoms with Gasteiger partial charge in [-0.1, -0.05) is 17.7 Å². The van der Waals surface area contributed by atoms with Crippen molar-refractivity contribution < 1.29 is 9.53 Å². The van der Waals surface area contributed by atoms with Gasteiger partial charge in [-0.15, -0.1) is 0 Å². The van der Waals surface area contributed by atoms with Crippen LogP contribution in [0.2, 0.25) is 5.02 Å². The molecule has 0 saturated heterocycles. The van der Waals surface area contributed by atoms with E-state index in [0.29, 0.717) is 29.4 Å². The highest BCUT2D eigenvalue weighted by atomic mass is 35.5. The number of nitrogens with two attached hydrogens (primary N) is 1. The molecule has 0 heterocycles. The third kappa shape index (κ3) is 4.24. The summed E-state index contributed by atoms with van der Waals surface area (Å²) in [6, 6.07) is 5.02. The van der Waals surface area contributed by atoms with Crippen LogP contribution in [0.5, 0.6) is 0 Å². The maximum absolute atomic E-state index is 11.8. The Kier molecular flexibility index (Phi) is 5.80. The first-order valence-electron chi connectivity index (χ1n) is 5.48. The number of nitrogens with one attached hydrogen (secondary N) is 1. The molecule has 0 atom stereocenters. The van der Waals surface area contributed by atoms with Crippen molar-refractivity contribution in [1.82, 2.24) is 5.32 Å². The molecule has 0 unspecified atom stereocenters. The van der Waals surface area contributed by atoms with Crippen LogP contribution in [-0.2, 0) is 4.74 Å². The molecule has 0 aliphatic heterocycles. The monoisotopic (exact) mass is 256 g/mol. The van der Waals surface area contributed by atoms with Crippen LogP contribution in [0.4, 0.5) is 5.69 Å². The summed E-state index contributed by atoms with van der Waals surface area (Å²) in [6.45, 7) is 1.31. The Morgan fingerprint density at radius 3 is 2.94 bits per heavy atom. The number of hydrogen-bond donors (Lipinski definition) is 2. The first-order chi connectivity index (χ1) is 8.16. The minimum absolute atomic E-state index is 0.192. The van der Waals surface area contributed by atoms with Crippen molar-refractivity contribution in [3.05, 3.63) is 28.8 Å². The number of unbranched alkanes of at least 4 members (excludes halogenated alkanes) is 1. The normalized spacial score (nSPS) is 10.2. The van der Waals surface area contributed by atoms with Crippen LogP contribution < -0.4 is 11.1 Å². The zero-order valence-corrected chi connectivity index (χ0v) is 10.6. The van der Waals surface area contributed by atoms with Crippen molar-refractivity contribution in [3.8, 4) is 0 Å². The minimum Gasteiger partial charge on any atom is -0.397 e. The van der Waals surface area contributed by atoms with Gasteiger partial charge in [-0.25, -0.2) is 0 Å². The summed E-state index contributed by atoms with van der Waals surface area (Å²) in [4.78, 5) is 11.8. The van der Waals surface area contributed by atoms with E-state index in [1.807, 2.05) is 0 Å². The van der Waals surface area contributed by atoms with E-state index in [-0.39, 0.29) is 5.91 Å². The lowest BCUT2D eigenvalue weighted by Crippen LogP contribution is -2.25. The van der Waals surface area contributed by atoms with E-state index < -0.39 is 0 Å². The van der Waals surface area contributed by atoms with Gasteiger partial charge in [-0.05, 0) is 25.0 Å². The number of ether oxygens (including phenoxy) is 1. The molecule has 0 radical (unpaired) electrons. The summed E-state index contributed by atoms with van der Waals surface area (Å²) >= 11 is 5.84. The second kappa shape index (κ2) is 7.14. The first-order valence-corrected chi connectivity index (χ1v) is 5.85. The van der Waals surface area contributed by atoms with Crippen LogP contribution in [0.3, 0.4) is 0 Å². The molecule has 1 amide bonds. The van der Waals surface area contributed by atoms with Crippen molar-refractivity contribution in [3.63, 3.8) is 0 Å². The van der Waals surface area contributed by atoms with Gasteiger partial charge in [0.2, 0.25) is 0 Å². The zero-order chi connectivity index (χ0) is 12.7. The number of carbonyl (C=O) groups excluding carboxylic acids is 1. The third-order valence-corrected chi connectivity index (χ3v) is 2.69. The number of nitrogen functional groups attached to an aromatic ring is 1. The van der Waals surface area contributed by atoms with Crippen LogP contribution in [0.15, 0.2) is 18.2 Å². The summed E-state index contributed by atoms with van der Waals surface area (Å²) in [5, 5.41) is 3.19. The van der Waals surface area contributed by atoms with Crippen LogP contribution in [-0.4, -0.2) is 26.2 Å². The van der Waals surface area contributed by atoms with Crippen molar-refractivity contribution in [2.75, 3.05) is 26.0 Å². The summed E-state index contributed by atoms with van der Waals surface area (Å²) in [7, 11) is 1.66. The lowest BCUT2D eigenvalue weighted by molar-refractivity contribution is 0.0952. The van der Waals surface area contributed by atoms with Gasteiger partial charge in [-0.2, -0.15) is 0 Å². The summed E-state index contributed by atoms with van der Waals surface area (Å²) in [6.07, 6.45) is 1.79. The van der Waals surface area contributed by atoms with Gasteiger partial charge in [0, 0.05) is 20.3 Å². The number of rotatable bonds is 6. The largest absolute Gasteiger partial charge is 0.397 e. The fourth-order valence-corrected chi connectivity index (χ4v) is 1.58. The number of carbonyl (C=O) groups is 1. The minimum atomic E-state index is -0.192. The van der Waals surface area contributed by atoms with Gasteiger partial charge in [0.25, 0.3) is 5.91 Å². The molecule has 0 aromatic heterocycles. The Bertz CT molecular complexity index is 383. The Balaban J connectivity index is 2.44. The molecule has 1 rings (SSSR count). The molecular weight excluding hydrogens is 240 g/mol. The summed E-state index contributed by atoms with van der Waals surface area (Å²) in [5.74, 6) is -0.192. The number of para-hydroxylation sites is 1. The SMILES string of the molecule is COCCCCNC(=O)c1cccc(Cl)c1N. The van der Waals surface area contributed by atoms with E-state index in [4.69, 9.17) is 22.1 Å². The fourth-order valence-electron chi connectivity index (χ4n) is 1.40. The van der Waals surface area contributed by atoms with E-state index in [2.05, 4.69) is 5.32 Å². The lowest BCUT2D eigenvalue weighted by atomic mass is 10.1. The Labute approximate surface area is 106 Å². The Hall–Kier alpha value is -1.26. The molecule has 0 spiro atoms. The number of amides is 1. The Morgan fingerprint density at radius 1 is 1.47 bits per heavy atom. The van der Waals surface area contributed by atoms with Gasteiger partial charge in [0.15, 0.2) is 0 Å². The van der Waals surface area contributed by atoms with E-state index in [0.717, 1.165) is 12.8 Å². The molecule has 1 aromatic carbocycles. The highest BCUT2D eigenvalue weighted by Gasteiger charge is 2.10. The van der Waals surface area contributed by atoms with Gasteiger partial charge in [-0.3, -0.25) is 4.79 Å². The first kappa shape index (κ1) is 13.8. The molecule has 0 fully saturated rings. The molecule has 5 heteroatoms. The average Bonchev–Trinajstić information content (AvgIpc) is 2.32. The van der Waals surface area contributed by atoms with Crippen LogP contribution in [0.25, 0.3) is 0 Å². The van der Waals surface area contributed by atoms with E-state index >= 15 is 0 Å². The second-order valence-electron chi connectivity index (χ2n) is 3.66. The standard InChI is InChI=1S/C12H17ClN2O2/c1-17-8-3-2-7-15-12(16)9-5-4-6-10(13)11(9)14/h4-6H,2-3,7-8,14H2,1H3,(H,15,16). The van der Waals surface area contributed by atoms with Gasteiger partial charge in [0.1, 0.15) is 0 Å². The molecule has 0 aliphatic rings. The van der Waals surface area contributed by atoms with Crippen LogP contribution in [0, 0.1) is 0 Å². The fraction of sp³-hybridized carbons (Fsp3) is 0.417. The number of halogens is 1. The molecule has 17 heavy (non-hydrogen) atoms. The zero-order valence-electron chi connectivity index (χ0n) is 9.83.